The van der Waals surface area contributed by atoms with Gasteiger partial charge in [-0.3, -0.25) is 9.59 Å². The van der Waals surface area contributed by atoms with Crippen molar-refractivity contribution in [2.45, 2.75) is 277 Å². The van der Waals surface area contributed by atoms with Gasteiger partial charge in [0.05, 0.1) is 6.61 Å². The molecule has 1 atom stereocenters. The van der Waals surface area contributed by atoms with Crippen LogP contribution in [0.2, 0.25) is 0 Å². The fraction of sp³-hybridized carbons (Fsp3) is 0.714. The van der Waals surface area contributed by atoms with E-state index in [9.17, 15) is 14.7 Å². The Bertz CT molecular complexity index is 1300. The van der Waals surface area contributed by atoms with Gasteiger partial charge in [0.25, 0.3) is 0 Å². The number of rotatable bonds is 52. The molecule has 0 bridgehead atoms. The maximum absolute atomic E-state index is 12.3. The van der Waals surface area contributed by atoms with E-state index in [-0.39, 0.29) is 25.2 Å². The van der Waals surface area contributed by atoms with Crippen LogP contribution in [0.3, 0.4) is 0 Å². The highest BCUT2D eigenvalue weighted by Crippen LogP contribution is 2.16. The van der Waals surface area contributed by atoms with Gasteiger partial charge in [-0.2, -0.15) is 0 Å². The van der Waals surface area contributed by atoms with E-state index in [1.165, 1.54) is 154 Å². The first-order chi connectivity index (χ1) is 33.6. The van der Waals surface area contributed by atoms with E-state index in [2.05, 4.69) is 111 Å². The van der Waals surface area contributed by atoms with Crippen LogP contribution in [-0.2, 0) is 19.1 Å². The third-order valence-corrected chi connectivity index (χ3v) is 12.4. The first-order valence-electron chi connectivity index (χ1n) is 28.8. The molecule has 0 aliphatic carbocycles. The number of allylic oxidation sites excluding steroid dienone is 16. The van der Waals surface area contributed by atoms with Gasteiger partial charge in [-0.1, -0.05) is 278 Å². The molecule has 0 heterocycles. The number of hydrogen-bond acceptors (Lipinski definition) is 5. The molecule has 0 amide bonds. The minimum atomic E-state index is -0.778. The van der Waals surface area contributed by atoms with E-state index in [1.54, 1.807) is 0 Å². The maximum atomic E-state index is 12.3. The zero-order chi connectivity index (χ0) is 49.2. The van der Waals surface area contributed by atoms with Crippen LogP contribution < -0.4 is 0 Å². The molecule has 68 heavy (non-hydrogen) atoms. The van der Waals surface area contributed by atoms with Gasteiger partial charge < -0.3 is 14.6 Å². The summed E-state index contributed by atoms with van der Waals surface area (Å²) in [5.41, 5.74) is 0. The Balaban J connectivity index is 3.54. The van der Waals surface area contributed by atoms with Crippen molar-refractivity contribution in [1.82, 2.24) is 0 Å². The number of esters is 2. The molecule has 0 spiro atoms. The second-order valence-corrected chi connectivity index (χ2v) is 19.0. The van der Waals surface area contributed by atoms with Crippen molar-refractivity contribution in [3.63, 3.8) is 0 Å². The Morgan fingerprint density at radius 3 is 0.956 bits per heavy atom. The van der Waals surface area contributed by atoms with Crippen LogP contribution in [0.1, 0.15) is 271 Å². The van der Waals surface area contributed by atoms with E-state index in [1.807, 2.05) is 0 Å². The molecule has 0 fully saturated rings. The zero-order valence-electron chi connectivity index (χ0n) is 44.6. The highest BCUT2D eigenvalue weighted by atomic mass is 16.6. The lowest BCUT2D eigenvalue weighted by atomic mass is 10.0. The molecule has 0 saturated heterocycles. The fourth-order valence-electron chi connectivity index (χ4n) is 8.10. The second-order valence-electron chi connectivity index (χ2n) is 19.0. The minimum absolute atomic E-state index is 0.0681. The van der Waals surface area contributed by atoms with Crippen LogP contribution in [0.4, 0.5) is 0 Å². The standard InChI is InChI=1S/C63H108O5/c1-3-5-7-9-11-13-15-17-19-21-23-24-25-26-27-28-29-30-31-32-33-34-35-36-37-38-40-42-44-46-48-50-52-54-56-58-63(66)68-61(59-64)60-67-62(65)57-55-53-51-49-47-45-43-41-39-22-20-18-16-14-12-10-8-6-4-2/h5,7,11,13,17,19,23-24,26-27,29-30,32-33,35-36,61,64H,3-4,6,8-10,12,14-16,18,20-22,25,28,31,34,37-60H2,1-2H3/b7-5-,13-11-,19-17-,24-23-,27-26-,30-29-,33-32-,36-35-. The molecule has 0 aromatic heterocycles. The van der Waals surface area contributed by atoms with Crippen molar-refractivity contribution in [2.24, 2.45) is 0 Å². The quantitative estimate of drug-likeness (QED) is 0.0374. The highest BCUT2D eigenvalue weighted by Gasteiger charge is 2.16. The molecule has 0 aliphatic rings. The zero-order valence-corrected chi connectivity index (χ0v) is 44.6. The Morgan fingerprint density at radius 1 is 0.353 bits per heavy atom. The molecule has 0 rings (SSSR count). The van der Waals surface area contributed by atoms with E-state index >= 15 is 0 Å². The van der Waals surface area contributed by atoms with Crippen LogP contribution in [0.25, 0.3) is 0 Å². The molecule has 0 saturated carbocycles. The number of carbonyl (C=O) groups excluding carboxylic acids is 2. The fourth-order valence-corrected chi connectivity index (χ4v) is 8.10. The van der Waals surface area contributed by atoms with Crippen LogP contribution in [0.15, 0.2) is 97.2 Å². The number of unbranched alkanes of at least 4 members (excludes halogenated alkanes) is 28. The summed E-state index contributed by atoms with van der Waals surface area (Å²) in [4.78, 5) is 24.5. The summed E-state index contributed by atoms with van der Waals surface area (Å²) < 4.78 is 10.7. The molecule has 0 radical (unpaired) electrons. The summed E-state index contributed by atoms with van der Waals surface area (Å²) in [5, 5.41) is 9.65. The SMILES string of the molecule is CC/C=C\C/C=C\C/C=C\C/C=C\C/C=C\C/C=C\C/C=C\C/C=C\CCCCCCCCCCCCC(=O)OC(CO)COC(=O)CCCCCCCCCCCCCCCCCCCCC. The number of ether oxygens (including phenoxy) is 2. The molecule has 1 N–H and O–H groups in total. The summed E-state index contributed by atoms with van der Waals surface area (Å²) in [6, 6.07) is 0. The first-order valence-corrected chi connectivity index (χ1v) is 28.8. The van der Waals surface area contributed by atoms with Gasteiger partial charge in [-0.25, -0.2) is 0 Å². The Kier molecular flexibility index (Phi) is 55.4. The van der Waals surface area contributed by atoms with Gasteiger partial charge >= 0.3 is 11.9 Å². The highest BCUT2D eigenvalue weighted by molar-refractivity contribution is 5.70. The van der Waals surface area contributed by atoms with Crippen molar-refractivity contribution < 1.29 is 24.2 Å². The molecule has 0 aromatic carbocycles. The average molecular weight is 946 g/mol. The van der Waals surface area contributed by atoms with Gasteiger partial charge in [0.15, 0.2) is 6.10 Å². The van der Waals surface area contributed by atoms with Gasteiger partial charge in [0.1, 0.15) is 6.61 Å². The smallest absolute Gasteiger partial charge is 0.306 e. The summed E-state index contributed by atoms with van der Waals surface area (Å²) in [6.45, 7) is 4.05. The van der Waals surface area contributed by atoms with Crippen molar-refractivity contribution in [3.8, 4) is 0 Å². The van der Waals surface area contributed by atoms with Crippen LogP contribution in [0.5, 0.6) is 0 Å². The molecule has 0 aliphatic heterocycles. The summed E-state index contributed by atoms with van der Waals surface area (Å²) in [5.74, 6) is -0.589. The maximum Gasteiger partial charge on any atom is 0.306 e. The Morgan fingerprint density at radius 2 is 0.632 bits per heavy atom. The van der Waals surface area contributed by atoms with Gasteiger partial charge in [-0.15, -0.1) is 0 Å². The first kappa shape index (κ1) is 64.8. The van der Waals surface area contributed by atoms with Crippen molar-refractivity contribution in [3.05, 3.63) is 97.2 Å². The lowest BCUT2D eigenvalue weighted by Gasteiger charge is -2.15. The molecular formula is C63H108O5. The third-order valence-electron chi connectivity index (χ3n) is 12.4. The normalized spacial score (nSPS) is 12.9. The van der Waals surface area contributed by atoms with Crippen LogP contribution >= 0.6 is 0 Å². The molecule has 5 nitrogen and oxygen atoms in total. The minimum Gasteiger partial charge on any atom is -0.462 e. The Labute approximate surface area is 421 Å². The predicted octanol–water partition coefficient (Wildman–Crippen LogP) is 19.5. The average Bonchev–Trinajstić information content (AvgIpc) is 3.34. The van der Waals surface area contributed by atoms with E-state index in [4.69, 9.17) is 9.47 Å². The van der Waals surface area contributed by atoms with E-state index in [0.717, 1.165) is 89.9 Å². The van der Waals surface area contributed by atoms with Gasteiger partial charge in [0, 0.05) is 12.8 Å². The monoisotopic (exact) mass is 945 g/mol. The number of carbonyl (C=O) groups is 2. The lowest BCUT2D eigenvalue weighted by molar-refractivity contribution is -0.161. The van der Waals surface area contributed by atoms with E-state index < -0.39 is 6.10 Å². The molecule has 0 aromatic rings. The van der Waals surface area contributed by atoms with Crippen molar-refractivity contribution >= 4 is 11.9 Å². The predicted molar refractivity (Wildman–Crippen MR) is 297 cm³/mol. The topological polar surface area (TPSA) is 72.8 Å². The van der Waals surface area contributed by atoms with E-state index in [0.29, 0.717) is 12.8 Å². The summed E-state index contributed by atoms with van der Waals surface area (Å²) in [6.07, 6.45) is 82.3. The summed E-state index contributed by atoms with van der Waals surface area (Å²) >= 11 is 0. The lowest BCUT2D eigenvalue weighted by Crippen LogP contribution is -2.28. The number of aliphatic hydroxyl groups excluding tert-OH is 1. The second kappa shape index (κ2) is 58.1. The number of hydrogen-bond donors (Lipinski definition) is 1. The van der Waals surface area contributed by atoms with Gasteiger partial charge in [0.2, 0.25) is 0 Å². The van der Waals surface area contributed by atoms with Crippen molar-refractivity contribution in [1.29, 1.82) is 0 Å². The van der Waals surface area contributed by atoms with Crippen LogP contribution in [-0.4, -0.2) is 36.4 Å². The number of aliphatic hydroxyl groups is 1. The third kappa shape index (κ3) is 55.4. The molecule has 390 valence electrons. The molecule has 1 unspecified atom stereocenters. The summed E-state index contributed by atoms with van der Waals surface area (Å²) in [7, 11) is 0. The largest absolute Gasteiger partial charge is 0.462 e. The Hall–Kier alpha value is -3.18. The molecule has 5 heteroatoms. The molecular weight excluding hydrogens is 837 g/mol. The van der Waals surface area contributed by atoms with Crippen molar-refractivity contribution in [2.75, 3.05) is 13.2 Å². The van der Waals surface area contributed by atoms with Gasteiger partial charge in [-0.05, 0) is 77.0 Å². The van der Waals surface area contributed by atoms with Crippen LogP contribution in [0, 0.1) is 0 Å².